The van der Waals surface area contributed by atoms with E-state index in [0.29, 0.717) is 5.69 Å². The quantitative estimate of drug-likeness (QED) is 0.741. The van der Waals surface area contributed by atoms with Crippen LogP contribution in [0.15, 0.2) is 59.5 Å². The lowest BCUT2D eigenvalue weighted by atomic mass is 10.1. The summed E-state index contributed by atoms with van der Waals surface area (Å²) in [4.78, 5) is 24.0. The van der Waals surface area contributed by atoms with Gasteiger partial charge in [-0.05, 0) is 29.8 Å². The second-order valence-corrected chi connectivity index (χ2v) is 8.02. The van der Waals surface area contributed by atoms with Crippen molar-refractivity contribution >= 4 is 27.3 Å². The summed E-state index contributed by atoms with van der Waals surface area (Å²) in [6.45, 7) is 1.82. The number of amides is 2. The average Bonchev–Trinajstić information content (AvgIpc) is 2.63. The Morgan fingerprint density at radius 2 is 1.58 bits per heavy atom. The third-order valence-corrected chi connectivity index (χ3v) is 5.51. The van der Waals surface area contributed by atoms with E-state index in [9.17, 15) is 18.0 Å². The average molecular weight is 374 g/mol. The molecule has 0 aliphatic heterocycles. The van der Waals surface area contributed by atoms with E-state index in [4.69, 9.17) is 0 Å². The molecule has 0 saturated heterocycles. The lowest BCUT2D eigenvalue weighted by Crippen LogP contribution is -2.28. The number of sulfone groups is 1. The molecule has 2 N–H and O–H groups in total. The van der Waals surface area contributed by atoms with E-state index in [1.54, 1.807) is 19.1 Å². The Morgan fingerprint density at radius 3 is 2.19 bits per heavy atom. The van der Waals surface area contributed by atoms with Gasteiger partial charge < -0.3 is 10.6 Å². The smallest absolute Gasteiger partial charge is 0.226 e. The normalized spacial score (nSPS) is 11.0. The molecule has 2 aromatic rings. The van der Waals surface area contributed by atoms with Gasteiger partial charge in [0, 0.05) is 18.7 Å². The molecule has 26 heavy (non-hydrogen) atoms. The van der Waals surface area contributed by atoms with E-state index in [-0.39, 0.29) is 41.8 Å². The largest absolute Gasteiger partial charge is 0.355 e. The second-order valence-electron chi connectivity index (χ2n) is 5.74. The first-order valence-electron chi connectivity index (χ1n) is 8.34. The van der Waals surface area contributed by atoms with Gasteiger partial charge in [-0.15, -0.1) is 0 Å². The number of carbonyl (C=O) groups is 2. The van der Waals surface area contributed by atoms with Gasteiger partial charge >= 0.3 is 0 Å². The second kappa shape index (κ2) is 9.15. The fraction of sp³-hybridized carbons (Fsp3) is 0.263. The third-order valence-electron chi connectivity index (χ3n) is 3.76. The molecule has 0 saturated carbocycles. The van der Waals surface area contributed by atoms with Gasteiger partial charge in [-0.3, -0.25) is 9.59 Å². The minimum atomic E-state index is -3.25. The summed E-state index contributed by atoms with van der Waals surface area (Å²) >= 11 is 0. The van der Waals surface area contributed by atoms with Crippen molar-refractivity contribution in [2.75, 3.05) is 17.6 Å². The summed E-state index contributed by atoms with van der Waals surface area (Å²) < 4.78 is 23.5. The van der Waals surface area contributed by atoms with Crippen LogP contribution in [0, 0.1) is 0 Å². The molecule has 0 spiro atoms. The molecule has 0 aliphatic rings. The van der Waals surface area contributed by atoms with Crippen LogP contribution in [0.4, 0.5) is 5.69 Å². The Morgan fingerprint density at radius 1 is 0.923 bits per heavy atom. The monoisotopic (exact) mass is 374 g/mol. The van der Waals surface area contributed by atoms with Gasteiger partial charge in [0.05, 0.1) is 17.1 Å². The third kappa shape index (κ3) is 6.00. The van der Waals surface area contributed by atoms with Crippen molar-refractivity contribution in [1.29, 1.82) is 0 Å². The van der Waals surface area contributed by atoms with Crippen molar-refractivity contribution in [3.63, 3.8) is 0 Å². The van der Waals surface area contributed by atoms with Crippen LogP contribution >= 0.6 is 0 Å². The molecule has 138 valence electrons. The van der Waals surface area contributed by atoms with Crippen LogP contribution in [0.5, 0.6) is 0 Å². The summed E-state index contributed by atoms with van der Waals surface area (Å²) in [5.41, 5.74) is 1.43. The fourth-order valence-corrected chi connectivity index (χ4v) is 3.18. The molecule has 0 atom stereocenters. The van der Waals surface area contributed by atoms with Crippen LogP contribution in [0.3, 0.4) is 0 Å². The standard InChI is InChI=1S/C19H22N2O4S/c1-2-26(24,25)17-10-8-16(9-11-17)21-18(22)12-13-20-19(23)14-15-6-4-3-5-7-15/h3-11H,2,12-14H2,1H3,(H,20,23)(H,21,22). The highest BCUT2D eigenvalue weighted by atomic mass is 32.2. The predicted octanol–water partition coefficient (Wildman–Crippen LogP) is 2.17. The minimum Gasteiger partial charge on any atom is -0.355 e. The van der Waals surface area contributed by atoms with Gasteiger partial charge in [0.15, 0.2) is 9.84 Å². The molecule has 2 aromatic carbocycles. The maximum atomic E-state index is 11.9. The molecular weight excluding hydrogens is 352 g/mol. The van der Waals surface area contributed by atoms with Crippen LogP contribution < -0.4 is 10.6 Å². The van der Waals surface area contributed by atoms with E-state index in [0.717, 1.165) is 5.56 Å². The zero-order valence-electron chi connectivity index (χ0n) is 14.6. The van der Waals surface area contributed by atoms with Crippen molar-refractivity contribution in [1.82, 2.24) is 5.32 Å². The number of nitrogens with one attached hydrogen (secondary N) is 2. The van der Waals surface area contributed by atoms with E-state index < -0.39 is 9.84 Å². The molecule has 2 amide bonds. The fourth-order valence-electron chi connectivity index (χ4n) is 2.29. The number of rotatable bonds is 8. The Labute approximate surface area is 153 Å². The summed E-state index contributed by atoms with van der Waals surface area (Å²) in [5.74, 6) is -0.365. The Kier molecular flexibility index (Phi) is 6.91. The molecule has 0 fully saturated rings. The topological polar surface area (TPSA) is 92.3 Å². The number of benzene rings is 2. The highest BCUT2D eigenvalue weighted by molar-refractivity contribution is 7.91. The summed E-state index contributed by atoms with van der Waals surface area (Å²) in [5, 5.41) is 5.38. The molecule has 0 unspecified atom stereocenters. The van der Waals surface area contributed by atoms with E-state index in [1.165, 1.54) is 12.1 Å². The predicted molar refractivity (Wildman–Crippen MR) is 101 cm³/mol. The van der Waals surface area contributed by atoms with Gasteiger partial charge in [-0.1, -0.05) is 37.3 Å². The Bertz CT molecular complexity index is 847. The number of carbonyl (C=O) groups excluding carboxylic acids is 2. The van der Waals surface area contributed by atoms with Crippen LogP contribution in [0.25, 0.3) is 0 Å². The molecule has 2 rings (SSSR count). The molecule has 0 aromatic heterocycles. The molecule has 0 radical (unpaired) electrons. The maximum Gasteiger partial charge on any atom is 0.226 e. The Hall–Kier alpha value is -2.67. The lowest BCUT2D eigenvalue weighted by Gasteiger charge is -2.08. The first-order chi connectivity index (χ1) is 12.4. The summed E-state index contributed by atoms with van der Waals surface area (Å²) in [6.07, 6.45) is 0.408. The highest BCUT2D eigenvalue weighted by Crippen LogP contribution is 2.15. The van der Waals surface area contributed by atoms with E-state index in [1.807, 2.05) is 30.3 Å². The van der Waals surface area contributed by atoms with Crippen molar-refractivity contribution in [2.24, 2.45) is 0 Å². The van der Waals surface area contributed by atoms with Crippen LogP contribution in [0.2, 0.25) is 0 Å². The van der Waals surface area contributed by atoms with Crippen LogP contribution in [-0.4, -0.2) is 32.5 Å². The zero-order valence-corrected chi connectivity index (χ0v) is 15.4. The first-order valence-corrected chi connectivity index (χ1v) is 9.99. The van der Waals surface area contributed by atoms with Gasteiger partial charge in [0.1, 0.15) is 0 Å². The number of anilines is 1. The van der Waals surface area contributed by atoms with Gasteiger partial charge in [0.25, 0.3) is 0 Å². The van der Waals surface area contributed by atoms with E-state index >= 15 is 0 Å². The zero-order chi connectivity index (χ0) is 19.0. The number of hydrogen-bond acceptors (Lipinski definition) is 4. The van der Waals surface area contributed by atoms with Crippen molar-refractivity contribution in [2.45, 2.75) is 24.7 Å². The van der Waals surface area contributed by atoms with Crippen LogP contribution in [-0.2, 0) is 25.8 Å². The minimum absolute atomic E-state index is 0.0292. The summed E-state index contributed by atoms with van der Waals surface area (Å²) in [6, 6.07) is 15.4. The van der Waals surface area contributed by atoms with Gasteiger partial charge in [-0.2, -0.15) is 0 Å². The maximum absolute atomic E-state index is 11.9. The van der Waals surface area contributed by atoms with Crippen molar-refractivity contribution < 1.29 is 18.0 Å². The molecule has 7 heteroatoms. The van der Waals surface area contributed by atoms with E-state index in [2.05, 4.69) is 10.6 Å². The summed E-state index contributed by atoms with van der Waals surface area (Å²) in [7, 11) is -3.25. The van der Waals surface area contributed by atoms with Gasteiger partial charge in [0.2, 0.25) is 11.8 Å². The highest BCUT2D eigenvalue weighted by Gasteiger charge is 2.11. The van der Waals surface area contributed by atoms with Crippen molar-refractivity contribution in [3.05, 3.63) is 60.2 Å². The molecular formula is C19H22N2O4S. The SMILES string of the molecule is CCS(=O)(=O)c1ccc(NC(=O)CCNC(=O)Cc2ccccc2)cc1. The lowest BCUT2D eigenvalue weighted by molar-refractivity contribution is -0.120. The molecule has 0 bridgehead atoms. The molecule has 0 aliphatic carbocycles. The van der Waals surface area contributed by atoms with Gasteiger partial charge in [-0.25, -0.2) is 8.42 Å². The number of hydrogen-bond donors (Lipinski definition) is 2. The first kappa shape index (κ1) is 19.7. The molecule has 6 nitrogen and oxygen atoms in total. The Balaban J connectivity index is 1.76. The van der Waals surface area contributed by atoms with Crippen LogP contribution in [0.1, 0.15) is 18.9 Å². The molecule has 0 heterocycles. The van der Waals surface area contributed by atoms with Crippen molar-refractivity contribution in [3.8, 4) is 0 Å².